The van der Waals surface area contributed by atoms with Gasteiger partial charge in [0.2, 0.25) is 11.8 Å². The first-order valence-electron chi connectivity index (χ1n) is 8.41. The van der Waals surface area contributed by atoms with E-state index in [9.17, 15) is 9.59 Å². The molecule has 2 amide bonds. The van der Waals surface area contributed by atoms with Crippen LogP contribution in [0.5, 0.6) is 0 Å². The smallest absolute Gasteiger partial charge is 0.233 e. The maximum Gasteiger partial charge on any atom is 0.233 e. The zero-order valence-corrected chi connectivity index (χ0v) is 15.6. The molecule has 1 aromatic carbocycles. The van der Waals surface area contributed by atoms with Crippen LogP contribution < -0.4 is 11.1 Å². The highest BCUT2D eigenvalue weighted by molar-refractivity contribution is 8.01. The molecule has 3 rings (SSSR count). The molecular formula is C17H22N4O2S2. The van der Waals surface area contributed by atoms with Crippen LogP contribution in [-0.4, -0.2) is 53.6 Å². The van der Waals surface area contributed by atoms with E-state index in [-0.39, 0.29) is 17.7 Å². The second-order valence-electron chi connectivity index (χ2n) is 5.99. The normalized spacial score (nSPS) is 17.6. The fraction of sp³-hybridized carbons (Fsp3) is 0.471. The predicted octanol–water partition coefficient (Wildman–Crippen LogP) is 1.70. The van der Waals surface area contributed by atoms with Gasteiger partial charge in [-0.15, -0.1) is 11.3 Å². The molecule has 2 heterocycles. The minimum atomic E-state index is -0.128. The van der Waals surface area contributed by atoms with Gasteiger partial charge in [-0.25, -0.2) is 4.98 Å². The van der Waals surface area contributed by atoms with Crippen molar-refractivity contribution < 1.29 is 9.59 Å². The van der Waals surface area contributed by atoms with Crippen molar-refractivity contribution in [1.29, 1.82) is 0 Å². The third-order valence-electron chi connectivity index (χ3n) is 4.18. The van der Waals surface area contributed by atoms with Crippen LogP contribution in [0.3, 0.4) is 0 Å². The first-order chi connectivity index (χ1) is 12.2. The molecule has 0 aliphatic carbocycles. The molecule has 1 atom stereocenters. The lowest BCUT2D eigenvalue weighted by Gasteiger charge is -2.32. The minimum Gasteiger partial charge on any atom is -0.355 e. The molecule has 0 spiro atoms. The Bertz CT molecular complexity index is 716. The number of carbonyl (C=O) groups is 2. The Kier molecular flexibility index (Phi) is 6.28. The molecule has 8 heteroatoms. The second-order valence-corrected chi connectivity index (χ2v) is 8.25. The van der Waals surface area contributed by atoms with Gasteiger partial charge in [0, 0.05) is 26.2 Å². The summed E-state index contributed by atoms with van der Waals surface area (Å²) in [5, 5.41) is 2.82. The first kappa shape index (κ1) is 18.2. The van der Waals surface area contributed by atoms with Crippen LogP contribution >= 0.6 is 23.1 Å². The number of carbonyl (C=O) groups excluding carboxylic acids is 2. The molecule has 6 nitrogen and oxygen atoms in total. The fourth-order valence-electron chi connectivity index (χ4n) is 2.88. The lowest BCUT2D eigenvalue weighted by Crippen LogP contribution is -2.46. The largest absolute Gasteiger partial charge is 0.355 e. The van der Waals surface area contributed by atoms with Crippen molar-refractivity contribution in [3.05, 3.63) is 24.3 Å². The van der Waals surface area contributed by atoms with Crippen LogP contribution in [0.4, 0.5) is 0 Å². The number of nitrogens with two attached hydrogens (primary N) is 1. The number of likely N-dealkylation sites (tertiary alicyclic amines) is 1. The standard InChI is InChI=1S/C17H22N4O2S2/c18-7-8-19-16(23)12-4-3-9-21(10-12)15(22)11-24-17-20-13-5-1-2-6-14(13)25-17/h1-2,5-6,12H,3-4,7-11,18H2,(H,19,23). The van der Waals surface area contributed by atoms with Gasteiger partial charge in [-0.1, -0.05) is 23.9 Å². The van der Waals surface area contributed by atoms with Gasteiger partial charge in [-0.2, -0.15) is 0 Å². The molecule has 1 fully saturated rings. The number of hydrogen-bond acceptors (Lipinski definition) is 6. The van der Waals surface area contributed by atoms with E-state index in [4.69, 9.17) is 5.73 Å². The molecule has 0 bridgehead atoms. The summed E-state index contributed by atoms with van der Waals surface area (Å²) in [5.74, 6) is 0.302. The quantitative estimate of drug-likeness (QED) is 0.747. The molecular weight excluding hydrogens is 356 g/mol. The second kappa shape index (κ2) is 8.64. The molecule has 1 unspecified atom stereocenters. The number of fused-ring (bicyclic) bond motifs is 1. The highest BCUT2D eigenvalue weighted by Gasteiger charge is 2.28. The fourth-order valence-corrected chi connectivity index (χ4v) is 4.86. The predicted molar refractivity (Wildman–Crippen MR) is 102 cm³/mol. The summed E-state index contributed by atoms with van der Waals surface area (Å²) in [5.41, 5.74) is 6.39. The Hall–Kier alpha value is -1.64. The van der Waals surface area contributed by atoms with E-state index in [1.807, 2.05) is 24.3 Å². The van der Waals surface area contributed by atoms with E-state index in [1.165, 1.54) is 11.8 Å². The summed E-state index contributed by atoms with van der Waals surface area (Å²) >= 11 is 3.08. The van der Waals surface area contributed by atoms with E-state index in [0.717, 1.165) is 33.9 Å². The molecule has 134 valence electrons. The monoisotopic (exact) mass is 378 g/mol. The Morgan fingerprint density at radius 2 is 2.24 bits per heavy atom. The van der Waals surface area contributed by atoms with E-state index < -0.39 is 0 Å². The number of amides is 2. The molecule has 1 aromatic heterocycles. The summed E-state index contributed by atoms with van der Waals surface area (Å²) in [6, 6.07) is 7.97. The maximum absolute atomic E-state index is 12.5. The van der Waals surface area contributed by atoms with Crippen molar-refractivity contribution in [3.63, 3.8) is 0 Å². The van der Waals surface area contributed by atoms with Gasteiger partial charge in [-0.3, -0.25) is 9.59 Å². The summed E-state index contributed by atoms with van der Waals surface area (Å²) in [4.78, 5) is 30.9. The highest BCUT2D eigenvalue weighted by atomic mass is 32.2. The number of hydrogen-bond donors (Lipinski definition) is 2. The number of nitrogens with one attached hydrogen (secondary N) is 1. The number of benzene rings is 1. The van der Waals surface area contributed by atoms with Crippen LogP contribution in [0.15, 0.2) is 28.6 Å². The molecule has 25 heavy (non-hydrogen) atoms. The molecule has 0 radical (unpaired) electrons. The molecule has 0 saturated carbocycles. The molecule has 1 saturated heterocycles. The van der Waals surface area contributed by atoms with Gasteiger partial charge in [0.05, 0.1) is 21.9 Å². The van der Waals surface area contributed by atoms with Crippen molar-refractivity contribution in [1.82, 2.24) is 15.2 Å². The number of aromatic nitrogens is 1. The lowest BCUT2D eigenvalue weighted by atomic mass is 9.97. The van der Waals surface area contributed by atoms with Gasteiger partial charge >= 0.3 is 0 Å². The molecule has 3 N–H and O–H groups in total. The Labute approximate surface area is 155 Å². The van der Waals surface area contributed by atoms with E-state index in [2.05, 4.69) is 10.3 Å². The van der Waals surface area contributed by atoms with E-state index in [0.29, 0.717) is 25.4 Å². The van der Waals surface area contributed by atoms with Crippen molar-refractivity contribution in [2.45, 2.75) is 17.2 Å². The van der Waals surface area contributed by atoms with Crippen molar-refractivity contribution in [2.24, 2.45) is 11.7 Å². The molecule has 2 aromatic rings. The summed E-state index contributed by atoms with van der Waals surface area (Å²) in [7, 11) is 0. The Morgan fingerprint density at radius 1 is 1.40 bits per heavy atom. The van der Waals surface area contributed by atoms with Crippen LogP contribution in [0.2, 0.25) is 0 Å². The number of para-hydroxylation sites is 1. The van der Waals surface area contributed by atoms with Crippen molar-refractivity contribution in [2.75, 3.05) is 31.9 Å². The number of nitrogens with zero attached hydrogens (tertiary/aromatic N) is 2. The van der Waals surface area contributed by atoms with Gasteiger partial charge in [0.25, 0.3) is 0 Å². The summed E-state index contributed by atoms with van der Waals surface area (Å²) < 4.78 is 2.04. The number of thioether (sulfide) groups is 1. The molecule has 1 aliphatic heterocycles. The Balaban J connectivity index is 1.52. The highest BCUT2D eigenvalue weighted by Crippen LogP contribution is 2.29. The van der Waals surface area contributed by atoms with Gasteiger partial charge in [-0.05, 0) is 25.0 Å². The average molecular weight is 379 g/mol. The third-order valence-corrected chi connectivity index (χ3v) is 6.35. The minimum absolute atomic E-state index is 0.00164. The van der Waals surface area contributed by atoms with Crippen LogP contribution in [0.25, 0.3) is 10.2 Å². The third kappa shape index (κ3) is 4.71. The first-order valence-corrected chi connectivity index (χ1v) is 10.2. The van der Waals surface area contributed by atoms with E-state index in [1.54, 1.807) is 16.2 Å². The number of rotatable bonds is 6. The summed E-state index contributed by atoms with van der Waals surface area (Å²) in [6.07, 6.45) is 1.68. The lowest BCUT2D eigenvalue weighted by molar-refractivity contribution is -0.133. The number of piperidine rings is 1. The zero-order chi connectivity index (χ0) is 17.6. The number of thiazole rings is 1. The van der Waals surface area contributed by atoms with Crippen molar-refractivity contribution >= 4 is 45.1 Å². The topological polar surface area (TPSA) is 88.3 Å². The molecule has 1 aliphatic rings. The average Bonchev–Trinajstić information content (AvgIpc) is 3.07. The van der Waals surface area contributed by atoms with Crippen LogP contribution in [0.1, 0.15) is 12.8 Å². The SMILES string of the molecule is NCCNC(=O)C1CCCN(C(=O)CSc2nc3ccccc3s2)C1. The summed E-state index contributed by atoms with van der Waals surface area (Å²) in [6.45, 7) is 2.13. The van der Waals surface area contributed by atoms with Crippen LogP contribution in [-0.2, 0) is 9.59 Å². The van der Waals surface area contributed by atoms with Gasteiger partial charge < -0.3 is 16.0 Å². The van der Waals surface area contributed by atoms with Crippen molar-refractivity contribution in [3.8, 4) is 0 Å². The van der Waals surface area contributed by atoms with Gasteiger partial charge in [0.15, 0.2) is 4.34 Å². The van der Waals surface area contributed by atoms with Crippen LogP contribution in [0, 0.1) is 5.92 Å². The van der Waals surface area contributed by atoms with E-state index >= 15 is 0 Å². The zero-order valence-electron chi connectivity index (χ0n) is 13.9. The maximum atomic E-state index is 12.5. The van der Waals surface area contributed by atoms with Gasteiger partial charge in [0.1, 0.15) is 0 Å². The Morgan fingerprint density at radius 3 is 3.04 bits per heavy atom.